The van der Waals surface area contributed by atoms with Gasteiger partial charge in [-0.05, 0) is 37.8 Å². The molecule has 3 amide bonds. The molecule has 1 aromatic rings. The van der Waals surface area contributed by atoms with Crippen molar-refractivity contribution < 1.29 is 9.59 Å². The maximum atomic E-state index is 12.7. The summed E-state index contributed by atoms with van der Waals surface area (Å²) >= 11 is 0. The van der Waals surface area contributed by atoms with E-state index in [4.69, 9.17) is 0 Å². The number of carbonyl (C=O) groups excluding carboxylic acids is 2. The third-order valence-corrected chi connectivity index (χ3v) is 4.67. The minimum absolute atomic E-state index is 0. The maximum absolute atomic E-state index is 12.7. The van der Waals surface area contributed by atoms with E-state index in [1.807, 2.05) is 35.2 Å². The number of rotatable bonds is 3. The van der Waals surface area contributed by atoms with Crippen molar-refractivity contribution in [3.05, 3.63) is 30.3 Å². The Labute approximate surface area is 148 Å². The minimum Gasteiger partial charge on any atom is -0.340 e. The summed E-state index contributed by atoms with van der Waals surface area (Å²) in [5, 5.41) is 8.91. The van der Waals surface area contributed by atoms with E-state index in [9.17, 15) is 9.59 Å². The van der Waals surface area contributed by atoms with Crippen LogP contribution < -0.4 is 16.0 Å². The van der Waals surface area contributed by atoms with Gasteiger partial charge in [-0.15, -0.1) is 12.4 Å². The summed E-state index contributed by atoms with van der Waals surface area (Å²) in [5.41, 5.74) is -0.222. The van der Waals surface area contributed by atoms with Crippen LogP contribution in [0.3, 0.4) is 0 Å². The van der Waals surface area contributed by atoms with Crippen molar-refractivity contribution in [2.75, 3.05) is 31.5 Å². The van der Waals surface area contributed by atoms with Crippen LogP contribution in [0.2, 0.25) is 0 Å². The highest BCUT2D eigenvalue weighted by molar-refractivity contribution is 5.95. The molecule has 2 atom stereocenters. The Morgan fingerprint density at radius 3 is 2.29 bits per heavy atom. The predicted molar refractivity (Wildman–Crippen MR) is 96.4 cm³/mol. The molecule has 0 aliphatic carbocycles. The molecule has 7 heteroatoms. The van der Waals surface area contributed by atoms with Gasteiger partial charge in [0.1, 0.15) is 5.54 Å². The molecular weight excluding hydrogens is 328 g/mol. The monoisotopic (exact) mass is 352 g/mol. The highest BCUT2D eigenvalue weighted by atomic mass is 35.5. The van der Waals surface area contributed by atoms with Crippen molar-refractivity contribution >= 4 is 30.0 Å². The number of likely N-dealkylation sites (tertiary alicyclic amines) is 1. The fraction of sp³-hybridized carbons (Fsp3) is 0.529. The summed E-state index contributed by atoms with van der Waals surface area (Å²) in [6.07, 6.45) is 0. The smallest absolute Gasteiger partial charge is 0.320 e. The summed E-state index contributed by atoms with van der Waals surface area (Å²) in [7, 11) is 0. The fourth-order valence-electron chi connectivity index (χ4n) is 3.44. The lowest BCUT2D eigenvalue weighted by Gasteiger charge is -2.30. The second-order valence-corrected chi connectivity index (χ2v) is 6.96. The molecule has 24 heavy (non-hydrogen) atoms. The minimum atomic E-state index is -0.926. The first-order valence-electron chi connectivity index (χ1n) is 8.10. The zero-order valence-electron chi connectivity index (χ0n) is 14.0. The van der Waals surface area contributed by atoms with Gasteiger partial charge in [-0.2, -0.15) is 0 Å². The molecule has 0 saturated carbocycles. The van der Waals surface area contributed by atoms with Crippen LogP contribution >= 0.6 is 12.4 Å². The number of benzene rings is 1. The van der Waals surface area contributed by atoms with Gasteiger partial charge in [0.05, 0.1) is 0 Å². The van der Waals surface area contributed by atoms with E-state index in [2.05, 4.69) is 16.0 Å². The van der Waals surface area contributed by atoms with Gasteiger partial charge in [0.15, 0.2) is 0 Å². The Morgan fingerprint density at radius 2 is 1.71 bits per heavy atom. The molecule has 3 rings (SSSR count). The van der Waals surface area contributed by atoms with Gasteiger partial charge in [0, 0.05) is 31.9 Å². The maximum Gasteiger partial charge on any atom is 0.320 e. The van der Waals surface area contributed by atoms with E-state index in [0.29, 0.717) is 17.5 Å². The molecule has 0 unspecified atom stereocenters. The molecule has 2 fully saturated rings. The van der Waals surface area contributed by atoms with Gasteiger partial charge >= 0.3 is 6.03 Å². The van der Waals surface area contributed by atoms with Crippen molar-refractivity contribution in [1.29, 1.82) is 0 Å². The third-order valence-electron chi connectivity index (χ3n) is 4.67. The Morgan fingerprint density at radius 1 is 1.12 bits per heavy atom. The van der Waals surface area contributed by atoms with Crippen molar-refractivity contribution in [1.82, 2.24) is 15.5 Å². The summed E-state index contributed by atoms with van der Waals surface area (Å²) in [6.45, 7) is 7.04. The second-order valence-electron chi connectivity index (χ2n) is 6.96. The first-order valence-corrected chi connectivity index (χ1v) is 8.10. The van der Waals surface area contributed by atoms with Crippen LogP contribution in [-0.2, 0) is 4.79 Å². The molecule has 0 bridgehead atoms. The molecule has 1 aromatic carbocycles. The number of nitrogens with one attached hydrogen (secondary N) is 3. The van der Waals surface area contributed by atoms with Crippen LogP contribution in [0.15, 0.2) is 30.3 Å². The highest BCUT2D eigenvalue weighted by Crippen LogP contribution is 2.28. The van der Waals surface area contributed by atoms with Gasteiger partial charge < -0.3 is 20.9 Å². The predicted octanol–water partition coefficient (Wildman–Crippen LogP) is 1.69. The summed E-state index contributed by atoms with van der Waals surface area (Å²) in [5.74, 6) is 1.08. The number of urea groups is 1. The van der Waals surface area contributed by atoms with Crippen molar-refractivity contribution in [2.24, 2.45) is 11.8 Å². The summed E-state index contributed by atoms with van der Waals surface area (Å²) in [6, 6.07) is 8.84. The van der Waals surface area contributed by atoms with Gasteiger partial charge in [-0.25, -0.2) is 4.79 Å². The third kappa shape index (κ3) is 3.99. The highest BCUT2D eigenvalue weighted by Gasteiger charge is 2.42. The van der Waals surface area contributed by atoms with E-state index in [1.54, 1.807) is 13.8 Å². The van der Waals surface area contributed by atoms with Crippen LogP contribution in [0.5, 0.6) is 0 Å². The van der Waals surface area contributed by atoms with E-state index >= 15 is 0 Å². The normalized spacial score (nSPS) is 22.5. The largest absolute Gasteiger partial charge is 0.340 e. The molecule has 2 saturated heterocycles. The topological polar surface area (TPSA) is 73.5 Å². The number of anilines is 1. The molecule has 2 heterocycles. The molecule has 2 aliphatic heterocycles. The first kappa shape index (κ1) is 18.5. The van der Waals surface area contributed by atoms with Crippen LogP contribution in [0.25, 0.3) is 0 Å². The Kier molecular flexibility index (Phi) is 5.72. The molecule has 3 N–H and O–H groups in total. The van der Waals surface area contributed by atoms with E-state index in [0.717, 1.165) is 26.2 Å². The van der Waals surface area contributed by atoms with Crippen LogP contribution in [0, 0.1) is 11.8 Å². The quantitative estimate of drug-likeness (QED) is 0.775. The number of halogens is 1. The molecule has 0 aromatic heterocycles. The molecule has 6 nitrogen and oxygen atoms in total. The molecular formula is C17H25ClN4O2. The molecule has 0 radical (unpaired) electrons. The fourth-order valence-corrected chi connectivity index (χ4v) is 3.44. The van der Waals surface area contributed by atoms with Gasteiger partial charge in [-0.1, -0.05) is 18.2 Å². The Bertz CT molecular complexity index is 582. The molecule has 0 spiro atoms. The SMILES string of the molecule is CC(C)(NC(=O)Nc1ccccc1)C(=O)N1C[C@H]2CNC[C@H]2C1.Cl. The number of hydrogen-bond donors (Lipinski definition) is 3. The van der Waals surface area contributed by atoms with Crippen LogP contribution in [0.1, 0.15) is 13.8 Å². The molecule has 132 valence electrons. The van der Waals surface area contributed by atoms with Crippen molar-refractivity contribution in [3.8, 4) is 0 Å². The lowest BCUT2D eigenvalue weighted by atomic mass is 10.0. The number of nitrogens with zero attached hydrogens (tertiary/aromatic N) is 1. The lowest BCUT2D eigenvalue weighted by Crippen LogP contribution is -2.56. The van der Waals surface area contributed by atoms with E-state index < -0.39 is 5.54 Å². The number of fused-ring (bicyclic) bond motifs is 1. The zero-order chi connectivity index (χ0) is 16.4. The average molecular weight is 353 g/mol. The summed E-state index contributed by atoms with van der Waals surface area (Å²) < 4.78 is 0. The van der Waals surface area contributed by atoms with E-state index in [-0.39, 0.29) is 24.3 Å². The second kappa shape index (κ2) is 7.40. The molecule has 2 aliphatic rings. The summed E-state index contributed by atoms with van der Waals surface area (Å²) in [4.78, 5) is 26.8. The number of hydrogen-bond acceptors (Lipinski definition) is 3. The van der Waals surface area contributed by atoms with Crippen LogP contribution in [0.4, 0.5) is 10.5 Å². The number of carbonyl (C=O) groups is 2. The zero-order valence-corrected chi connectivity index (χ0v) is 14.9. The van der Waals surface area contributed by atoms with Crippen LogP contribution in [-0.4, -0.2) is 48.6 Å². The van der Waals surface area contributed by atoms with Crippen molar-refractivity contribution in [3.63, 3.8) is 0 Å². The lowest BCUT2D eigenvalue weighted by molar-refractivity contribution is -0.135. The number of amides is 3. The standard InChI is InChI=1S/C17H24N4O2.ClH/c1-17(2,20-16(23)19-14-6-4-3-5-7-14)15(22)21-10-12-8-18-9-13(12)11-21;/h3-7,12-13,18H,8-11H2,1-2H3,(H2,19,20,23);1H/t12-,13+;. The van der Waals surface area contributed by atoms with E-state index in [1.165, 1.54) is 0 Å². The Balaban J connectivity index is 0.00000208. The van der Waals surface area contributed by atoms with Gasteiger partial charge in [-0.3, -0.25) is 4.79 Å². The van der Waals surface area contributed by atoms with Crippen molar-refractivity contribution in [2.45, 2.75) is 19.4 Å². The first-order chi connectivity index (χ1) is 11.0. The Hall–Kier alpha value is -1.79. The average Bonchev–Trinajstić information content (AvgIpc) is 3.07. The van der Waals surface area contributed by atoms with Gasteiger partial charge in [0.2, 0.25) is 5.91 Å². The van der Waals surface area contributed by atoms with Gasteiger partial charge in [0.25, 0.3) is 0 Å². The number of para-hydroxylation sites is 1.